The van der Waals surface area contributed by atoms with Gasteiger partial charge in [0.05, 0.1) is 17.9 Å². The van der Waals surface area contributed by atoms with Crippen molar-refractivity contribution in [2.24, 2.45) is 5.73 Å². The van der Waals surface area contributed by atoms with Crippen LogP contribution in [-0.2, 0) is 4.79 Å². The van der Waals surface area contributed by atoms with Gasteiger partial charge in [0.25, 0.3) is 5.91 Å². The molecule has 7 heteroatoms. The van der Waals surface area contributed by atoms with Crippen molar-refractivity contribution in [1.29, 1.82) is 0 Å². The SMILES string of the molecule is NC(=O)CNC(=O)c1ccn(-c2ccccc2N)n1. The summed E-state index contributed by atoms with van der Waals surface area (Å²) in [5.74, 6) is -1.08. The number of hydrogen-bond donors (Lipinski definition) is 3. The van der Waals surface area contributed by atoms with Crippen LogP contribution >= 0.6 is 0 Å². The number of amides is 2. The normalized spacial score (nSPS) is 10.1. The molecule has 98 valence electrons. The first kappa shape index (κ1) is 12.6. The second kappa shape index (κ2) is 5.21. The molecule has 0 aliphatic rings. The van der Waals surface area contributed by atoms with Gasteiger partial charge in [-0.05, 0) is 18.2 Å². The van der Waals surface area contributed by atoms with Crippen LogP contribution in [0.25, 0.3) is 5.69 Å². The summed E-state index contributed by atoms with van der Waals surface area (Å²) in [7, 11) is 0. The van der Waals surface area contributed by atoms with Gasteiger partial charge in [0.15, 0.2) is 5.69 Å². The third-order valence-electron chi connectivity index (χ3n) is 2.43. The minimum Gasteiger partial charge on any atom is -0.397 e. The summed E-state index contributed by atoms with van der Waals surface area (Å²) in [4.78, 5) is 22.2. The van der Waals surface area contributed by atoms with E-state index in [0.29, 0.717) is 11.4 Å². The Morgan fingerprint density at radius 3 is 2.68 bits per heavy atom. The van der Waals surface area contributed by atoms with Crippen molar-refractivity contribution in [3.63, 3.8) is 0 Å². The van der Waals surface area contributed by atoms with E-state index in [-0.39, 0.29) is 12.2 Å². The molecular formula is C12H13N5O2. The summed E-state index contributed by atoms with van der Waals surface area (Å²) in [5, 5.41) is 6.45. The molecule has 0 radical (unpaired) electrons. The Morgan fingerprint density at radius 2 is 2.00 bits per heavy atom. The molecule has 19 heavy (non-hydrogen) atoms. The maximum atomic E-state index is 11.7. The molecule has 0 bridgehead atoms. The van der Waals surface area contributed by atoms with Crippen LogP contribution in [0.15, 0.2) is 36.5 Å². The van der Waals surface area contributed by atoms with Crippen LogP contribution < -0.4 is 16.8 Å². The Labute approximate surface area is 109 Å². The second-order valence-corrected chi connectivity index (χ2v) is 3.85. The highest BCUT2D eigenvalue weighted by atomic mass is 16.2. The Kier molecular flexibility index (Phi) is 3.46. The lowest BCUT2D eigenvalue weighted by Crippen LogP contribution is -2.33. The number of carbonyl (C=O) groups excluding carboxylic acids is 2. The molecule has 0 atom stereocenters. The summed E-state index contributed by atoms with van der Waals surface area (Å²) in [6.07, 6.45) is 1.62. The highest BCUT2D eigenvalue weighted by molar-refractivity contribution is 5.94. The first-order valence-electron chi connectivity index (χ1n) is 5.55. The minimum absolute atomic E-state index is 0.185. The molecule has 2 amide bonds. The van der Waals surface area contributed by atoms with Crippen molar-refractivity contribution in [3.05, 3.63) is 42.2 Å². The number of nitrogen functional groups attached to an aromatic ring is 1. The zero-order valence-electron chi connectivity index (χ0n) is 10.0. The van der Waals surface area contributed by atoms with Crippen LogP contribution in [0.5, 0.6) is 0 Å². The fraction of sp³-hybridized carbons (Fsp3) is 0.0833. The molecule has 0 saturated heterocycles. The van der Waals surface area contributed by atoms with Gasteiger partial charge in [-0.15, -0.1) is 0 Å². The van der Waals surface area contributed by atoms with Crippen molar-refractivity contribution < 1.29 is 9.59 Å². The third kappa shape index (κ3) is 2.89. The zero-order valence-corrected chi connectivity index (χ0v) is 10.0. The smallest absolute Gasteiger partial charge is 0.272 e. The Morgan fingerprint density at radius 1 is 1.26 bits per heavy atom. The fourth-order valence-electron chi connectivity index (χ4n) is 1.53. The number of aromatic nitrogens is 2. The summed E-state index contributed by atoms with van der Waals surface area (Å²) < 4.78 is 1.49. The van der Waals surface area contributed by atoms with E-state index in [1.807, 2.05) is 12.1 Å². The number of para-hydroxylation sites is 2. The van der Waals surface area contributed by atoms with Crippen molar-refractivity contribution in [1.82, 2.24) is 15.1 Å². The summed E-state index contributed by atoms with van der Waals surface area (Å²) >= 11 is 0. The summed E-state index contributed by atoms with van der Waals surface area (Å²) in [5.41, 5.74) is 12.2. The second-order valence-electron chi connectivity index (χ2n) is 3.85. The van der Waals surface area contributed by atoms with Crippen LogP contribution in [0.4, 0.5) is 5.69 Å². The van der Waals surface area contributed by atoms with Crippen molar-refractivity contribution in [2.75, 3.05) is 12.3 Å². The number of nitrogens with two attached hydrogens (primary N) is 2. The summed E-state index contributed by atoms with van der Waals surface area (Å²) in [6.45, 7) is -0.223. The molecular weight excluding hydrogens is 246 g/mol. The number of hydrogen-bond acceptors (Lipinski definition) is 4. The maximum absolute atomic E-state index is 11.7. The lowest BCUT2D eigenvalue weighted by atomic mass is 10.3. The van der Waals surface area contributed by atoms with Crippen molar-refractivity contribution in [2.45, 2.75) is 0 Å². The standard InChI is InChI=1S/C12H13N5O2/c13-8-3-1-2-4-10(8)17-6-5-9(16-17)12(19)15-7-11(14)18/h1-6H,7,13H2,(H2,14,18)(H,15,19). The molecule has 1 heterocycles. The van der Waals surface area contributed by atoms with E-state index < -0.39 is 11.8 Å². The third-order valence-corrected chi connectivity index (χ3v) is 2.43. The molecule has 7 nitrogen and oxygen atoms in total. The van der Waals surface area contributed by atoms with Crippen LogP contribution in [0.2, 0.25) is 0 Å². The largest absolute Gasteiger partial charge is 0.397 e. The van der Waals surface area contributed by atoms with Gasteiger partial charge >= 0.3 is 0 Å². The Bertz CT molecular complexity index is 620. The topological polar surface area (TPSA) is 116 Å². The highest BCUT2D eigenvalue weighted by Gasteiger charge is 2.11. The van der Waals surface area contributed by atoms with Gasteiger partial charge in [-0.1, -0.05) is 12.1 Å². The zero-order chi connectivity index (χ0) is 13.8. The number of anilines is 1. The maximum Gasteiger partial charge on any atom is 0.272 e. The molecule has 0 spiro atoms. The van der Waals surface area contributed by atoms with Gasteiger partial charge < -0.3 is 16.8 Å². The van der Waals surface area contributed by atoms with E-state index in [1.54, 1.807) is 18.3 Å². The number of benzene rings is 1. The lowest BCUT2D eigenvalue weighted by molar-refractivity contribution is -0.117. The van der Waals surface area contributed by atoms with Gasteiger partial charge in [-0.3, -0.25) is 9.59 Å². The first-order valence-corrected chi connectivity index (χ1v) is 5.55. The predicted octanol–water partition coefficient (Wildman–Crippen LogP) is -0.330. The number of rotatable bonds is 4. The van der Waals surface area contributed by atoms with E-state index in [2.05, 4.69) is 10.4 Å². The van der Waals surface area contributed by atoms with Gasteiger partial charge in [0, 0.05) is 6.20 Å². The van der Waals surface area contributed by atoms with Crippen LogP contribution in [0.3, 0.4) is 0 Å². The first-order chi connectivity index (χ1) is 9.08. The van der Waals surface area contributed by atoms with E-state index in [1.165, 1.54) is 10.7 Å². The number of primary amides is 1. The molecule has 0 unspecified atom stereocenters. The molecule has 2 rings (SSSR count). The van der Waals surface area contributed by atoms with E-state index >= 15 is 0 Å². The highest BCUT2D eigenvalue weighted by Crippen LogP contribution is 2.15. The quantitative estimate of drug-likeness (QED) is 0.652. The van der Waals surface area contributed by atoms with Crippen LogP contribution in [0, 0.1) is 0 Å². The lowest BCUT2D eigenvalue weighted by Gasteiger charge is -2.04. The number of nitrogens with zero attached hydrogens (tertiary/aromatic N) is 2. The average molecular weight is 259 g/mol. The average Bonchev–Trinajstić information content (AvgIpc) is 2.86. The minimum atomic E-state index is -0.611. The fourth-order valence-corrected chi connectivity index (χ4v) is 1.53. The van der Waals surface area contributed by atoms with E-state index in [4.69, 9.17) is 11.5 Å². The van der Waals surface area contributed by atoms with Gasteiger partial charge in [0.2, 0.25) is 5.91 Å². The predicted molar refractivity (Wildman–Crippen MR) is 69.5 cm³/mol. The van der Waals surface area contributed by atoms with Gasteiger partial charge in [-0.25, -0.2) is 4.68 Å². The van der Waals surface area contributed by atoms with Crippen molar-refractivity contribution >= 4 is 17.5 Å². The van der Waals surface area contributed by atoms with E-state index in [0.717, 1.165) is 0 Å². The Balaban J connectivity index is 2.18. The monoisotopic (exact) mass is 259 g/mol. The van der Waals surface area contributed by atoms with Gasteiger partial charge in [0.1, 0.15) is 0 Å². The van der Waals surface area contributed by atoms with Crippen LogP contribution in [-0.4, -0.2) is 28.1 Å². The molecule has 0 aliphatic heterocycles. The number of carbonyl (C=O) groups is 2. The molecule has 1 aromatic carbocycles. The molecule has 1 aromatic heterocycles. The van der Waals surface area contributed by atoms with E-state index in [9.17, 15) is 9.59 Å². The summed E-state index contributed by atoms with van der Waals surface area (Å²) in [6, 6.07) is 8.68. The van der Waals surface area contributed by atoms with Crippen LogP contribution in [0.1, 0.15) is 10.5 Å². The molecule has 0 fully saturated rings. The van der Waals surface area contributed by atoms with Gasteiger partial charge in [-0.2, -0.15) is 5.10 Å². The number of nitrogens with one attached hydrogen (secondary N) is 1. The molecule has 0 saturated carbocycles. The molecule has 2 aromatic rings. The van der Waals surface area contributed by atoms with Crippen molar-refractivity contribution in [3.8, 4) is 5.69 Å². The molecule has 0 aliphatic carbocycles. The molecule has 5 N–H and O–H groups in total. The Hall–Kier alpha value is -2.83.